The summed E-state index contributed by atoms with van der Waals surface area (Å²) in [5.41, 5.74) is 0. The highest BCUT2D eigenvalue weighted by Gasteiger charge is 2.09. The van der Waals surface area contributed by atoms with E-state index in [-0.39, 0.29) is 4.90 Å². The van der Waals surface area contributed by atoms with Crippen molar-refractivity contribution in [3.05, 3.63) is 64.7 Å². The molecule has 24 heteroatoms. The third-order valence-electron chi connectivity index (χ3n) is 13.6. The Kier molecular flexibility index (Phi) is 87.3. The van der Waals surface area contributed by atoms with Crippen LogP contribution in [0.25, 0.3) is 10.8 Å². The van der Waals surface area contributed by atoms with Crippen molar-refractivity contribution in [2.75, 3.05) is 6.26 Å². The first-order valence-electron chi connectivity index (χ1n) is 35.1. The lowest BCUT2D eigenvalue weighted by molar-refractivity contribution is -0.742. The number of rotatable bonds is 48. The van der Waals surface area contributed by atoms with E-state index in [9.17, 15) is 45.6 Å². The van der Waals surface area contributed by atoms with E-state index in [1.807, 2.05) is 25.1 Å². The fraction of sp³-hybridized carbons (Fsp3) is 0.746. The van der Waals surface area contributed by atoms with Crippen LogP contribution in [-0.2, 0) is 49.0 Å². The van der Waals surface area contributed by atoms with Gasteiger partial charge in [0.25, 0.3) is 25.3 Å². The third-order valence-corrected chi connectivity index (χ3v) is 14.5. The zero-order valence-corrected chi connectivity index (χ0v) is 61.0. The van der Waals surface area contributed by atoms with Gasteiger partial charge in [0.15, 0.2) is 0 Å². The molecular formula is C71H131NO21S2. The Morgan fingerprint density at radius 1 is 0.358 bits per heavy atom. The highest BCUT2D eigenvalue weighted by molar-refractivity contribution is 7.85. The molecule has 22 nitrogen and oxygen atoms in total. The Balaban J connectivity index is -0.000000190. The first kappa shape index (κ1) is 103. The third kappa shape index (κ3) is 119. The molecule has 0 bridgehead atoms. The van der Waals surface area contributed by atoms with Crippen LogP contribution in [0.4, 0.5) is 0 Å². The molecule has 0 radical (unpaired) electrons. The number of carbonyl (C=O) groups is 6. The summed E-state index contributed by atoms with van der Waals surface area (Å²) in [5, 5.41) is 65.0. The Morgan fingerprint density at radius 3 is 0.789 bits per heavy atom. The number of benzene rings is 2. The normalized spacial score (nSPS) is 10.3. The van der Waals surface area contributed by atoms with Gasteiger partial charge in [-0.25, -0.2) is 0 Å². The summed E-state index contributed by atoms with van der Waals surface area (Å²) in [6.45, 7) is 12.8. The summed E-state index contributed by atoms with van der Waals surface area (Å²) in [7, 11) is -7.76. The molecular weight excluding hydrogens is 1270 g/mol. The molecule has 0 atom stereocenters. The maximum atomic E-state index is 10.8. The monoisotopic (exact) mass is 1400 g/mol. The number of carboxylic acids is 6. The van der Waals surface area contributed by atoms with E-state index in [1.165, 1.54) is 192 Å². The fourth-order valence-electron chi connectivity index (χ4n) is 8.47. The Morgan fingerprint density at radius 2 is 0.568 bits per heavy atom. The zero-order chi connectivity index (χ0) is 73.7. The first-order chi connectivity index (χ1) is 44.9. The Hall–Kier alpha value is -5.72. The second kappa shape index (κ2) is 80.7. The Labute approximate surface area is 572 Å². The second-order valence-electron chi connectivity index (χ2n) is 23.2. The minimum Gasteiger partial charge on any atom is -0.481 e. The predicted molar refractivity (Wildman–Crippen MR) is 381 cm³/mol. The molecule has 2 aromatic carbocycles. The van der Waals surface area contributed by atoms with Crippen LogP contribution in [0.1, 0.15) is 337 Å². The van der Waals surface area contributed by atoms with Crippen LogP contribution in [0, 0.1) is 10.1 Å². The van der Waals surface area contributed by atoms with Gasteiger partial charge in [-0.1, -0.05) is 277 Å². The molecule has 0 aliphatic heterocycles. The number of allylic oxidation sites excluding steroid dienone is 2. The fourth-order valence-corrected chi connectivity index (χ4v) is 8.98. The van der Waals surface area contributed by atoms with Crippen LogP contribution in [-0.4, -0.2) is 109 Å². The van der Waals surface area contributed by atoms with Crippen molar-refractivity contribution < 1.29 is 95.6 Å². The molecule has 0 aliphatic rings. The molecule has 0 unspecified atom stereocenters. The highest BCUT2D eigenvalue weighted by Crippen LogP contribution is 2.19. The number of hydrogen-bond donors (Lipinski definition) is 9. The Bertz CT molecular complexity index is 2340. The van der Waals surface area contributed by atoms with Crippen molar-refractivity contribution in [1.29, 1.82) is 0 Å². The van der Waals surface area contributed by atoms with E-state index >= 15 is 0 Å². The van der Waals surface area contributed by atoms with E-state index in [0.29, 0.717) is 44.8 Å². The van der Waals surface area contributed by atoms with E-state index in [2.05, 4.69) is 46.8 Å². The summed E-state index contributed by atoms with van der Waals surface area (Å²) in [6.07, 6.45) is 55.1. The SMILES string of the molecule is CCCC(=O)O.CCCCCC(=O)O.CCCCCCCC(=O)O.CCCCCCCC/C=C\CCCCCCCC(=O)O.CCCCCCCCCC(=O)O.CCCCCCCCCCCCCC(=O)O.CS(=O)(=O)O.O=S(=O)(O)c1ccc2ccccc2c1.O=[N+]([O-])O. The van der Waals surface area contributed by atoms with Crippen molar-refractivity contribution >= 4 is 66.8 Å². The first-order valence-corrected chi connectivity index (χ1v) is 38.4. The van der Waals surface area contributed by atoms with Gasteiger partial charge in [0, 0.05) is 38.5 Å². The van der Waals surface area contributed by atoms with Crippen molar-refractivity contribution in [3.63, 3.8) is 0 Å². The van der Waals surface area contributed by atoms with Crippen molar-refractivity contribution in [2.24, 2.45) is 0 Å². The van der Waals surface area contributed by atoms with Crippen molar-refractivity contribution in [1.82, 2.24) is 0 Å². The molecule has 0 aromatic heterocycles. The average molecular weight is 1400 g/mol. The predicted octanol–water partition coefficient (Wildman–Crippen LogP) is 20.3. The zero-order valence-electron chi connectivity index (χ0n) is 59.4. The lowest BCUT2D eigenvalue weighted by Gasteiger charge is -2.01. The summed E-state index contributed by atoms with van der Waals surface area (Å²) >= 11 is 0. The largest absolute Gasteiger partial charge is 0.481 e. The van der Waals surface area contributed by atoms with Crippen molar-refractivity contribution in [2.45, 2.75) is 342 Å². The number of unbranched alkanes of at least 4 members (excludes halogenated alkanes) is 33. The molecule has 0 saturated carbocycles. The van der Waals surface area contributed by atoms with E-state index in [1.54, 1.807) is 12.1 Å². The van der Waals surface area contributed by atoms with Crippen LogP contribution < -0.4 is 0 Å². The lowest BCUT2D eigenvalue weighted by atomic mass is 10.1. The number of carboxylic acid groups (broad SMARTS) is 6. The number of fused-ring (bicyclic) bond motifs is 1. The van der Waals surface area contributed by atoms with E-state index in [0.717, 1.165) is 87.8 Å². The topological polar surface area (TPSA) is 396 Å². The second-order valence-corrected chi connectivity index (χ2v) is 26.1. The minimum absolute atomic E-state index is 0.0730. The van der Waals surface area contributed by atoms with Gasteiger partial charge < -0.3 is 35.8 Å². The average Bonchev–Trinajstić information content (AvgIpc) is 0.829. The molecule has 0 fully saturated rings. The molecule has 0 saturated heterocycles. The maximum absolute atomic E-state index is 10.8. The smallest absolute Gasteiger partial charge is 0.303 e. The lowest BCUT2D eigenvalue weighted by Crippen LogP contribution is -1.97. The summed E-state index contributed by atoms with van der Waals surface area (Å²) in [6, 6.07) is 11.9. The number of hydrogen-bond acceptors (Lipinski definition) is 12. The van der Waals surface area contributed by atoms with Gasteiger partial charge in [-0.3, -0.25) is 37.9 Å². The standard InChI is InChI=1S/C18H34O2.C14H28O2.C10H8O3S.C10H20O2.C8H16O2.C6H12O2.C4H8O2.CH4O3S.HNO3/c1-2-3-4-5-6-7-8-9-10-11-12-13-14-15-16-17-18(19)20;1-2-3-4-5-6-7-8-9-10-11-12-13-14(15)16;11-14(12,13)10-6-5-8-3-1-2-4-9(8)7-10;1-2-3-4-5-6-7-8-9-10(11)12;1-2-3-4-5-6-7-8(9)10;1-2-3-4-5-6(7)8;1-2-3-4(5)6;1-5(2,3)4;2-1(3)4/h9-10H,2-8,11-17H2,1H3,(H,19,20);2-13H2,1H3,(H,15,16);1-7H,(H,11,12,13);2-9H2,1H3,(H,11,12);2-7H2,1H3,(H,9,10);2-5H2,1H3,(H,7,8);2-3H2,1H3,(H,5,6);1H3,(H,2,3,4);(H,2,3,4)/b10-9-;;;;;;;;. The molecule has 0 amide bonds. The minimum atomic E-state index is -4.09. The molecule has 9 N–H and O–H groups in total. The van der Waals surface area contributed by atoms with E-state index in [4.69, 9.17) is 55.1 Å². The van der Waals surface area contributed by atoms with Gasteiger partial charge in [-0.15, -0.1) is 10.1 Å². The quantitative estimate of drug-likeness (QED) is 0.00977. The molecule has 0 aliphatic carbocycles. The molecule has 558 valence electrons. The van der Waals surface area contributed by atoms with Crippen LogP contribution in [0.3, 0.4) is 0 Å². The van der Waals surface area contributed by atoms with Gasteiger partial charge in [0.05, 0.1) is 11.2 Å². The van der Waals surface area contributed by atoms with Gasteiger partial charge in [0.1, 0.15) is 0 Å². The summed E-state index contributed by atoms with van der Waals surface area (Å²) in [5.74, 6) is -4.05. The highest BCUT2D eigenvalue weighted by atomic mass is 32.2. The molecule has 0 heterocycles. The van der Waals surface area contributed by atoms with Crippen LogP contribution in [0.15, 0.2) is 59.5 Å². The molecule has 2 rings (SSSR count). The van der Waals surface area contributed by atoms with Gasteiger partial charge in [-0.2, -0.15) is 16.8 Å². The molecule has 2 aromatic rings. The number of aliphatic carboxylic acids is 6. The van der Waals surface area contributed by atoms with Crippen LogP contribution >= 0.6 is 0 Å². The van der Waals surface area contributed by atoms with Crippen LogP contribution in [0.2, 0.25) is 0 Å². The molecule has 0 spiro atoms. The van der Waals surface area contributed by atoms with Gasteiger partial charge in [0.2, 0.25) is 0 Å². The van der Waals surface area contributed by atoms with Gasteiger partial charge in [-0.05, 0) is 87.1 Å². The van der Waals surface area contributed by atoms with Crippen molar-refractivity contribution in [3.8, 4) is 0 Å². The summed E-state index contributed by atoms with van der Waals surface area (Å²) in [4.78, 5) is 68.5. The van der Waals surface area contributed by atoms with E-state index < -0.39 is 61.1 Å². The van der Waals surface area contributed by atoms with Gasteiger partial charge >= 0.3 is 35.8 Å². The summed E-state index contributed by atoms with van der Waals surface area (Å²) < 4.78 is 56.4. The maximum Gasteiger partial charge on any atom is 0.303 e. The number of nitrogens with zero attached hydrogens (tertiary/aromatic N) is 1. The molecule has 95 heavy (non-hydrogen) atoms. The van der Waals surface area contributed by atoms with Crippen LogP contribution in [0.5, 0.6) is 0 Å².